The van der Waals surface area contributed by atoms with Crippen molar-refractivity contribution in [3.8, 4) is 0 Å². The lowest BCUT2D eigenvalue weighted by Crippen LogP contribution is -1.60. The third-order valence-corrected chi connectivity index (χ3v) is 0.235. The smallest absolute Gasteiger partial charge is 0.0245 e. The van der Waals surface area contributed by atoms with Crippen molar-refractivity contribution < 1.29 is 0 Å². The minimum Gasteiger partial charge on any atom is -0.516 e. The lowest BCUT2D eigenvalue weighted by Gasteiger charge is -1.75. The molecule has 0 N–H and O–H groups in total. The second-order valence-electron chi connectivity index (χ2n) is 0.642. The van der Waals surface area contributed by atoms with E-state index in [4.69, 9.17) is 6.58 Å². The molecule has 0 heterocycles. The second kappa shape index (κ2) is 3.41. The first kappa shape index (κ1) is 4.41. The molecule has 0 aromatic rings. The fraction of sp³-hybridized carbons (Fsp3) is 0.250. The van der Waals surface area contributed by atoms with Gasteiger partial charge in [0.2, 0.25) is 0 Å². The van der Waals surface area contributed by atoms with Crippen molar-refractivity contribution >= 4 is 6.72 Å². The number of hydrogen-bond donors (Lipinski definition) is 0. The summed E-state index contributed by atoms with van der Waals surface area (Å²) in [4.78, 5) is 3.42. The summed E-state index contributed by atoms with van der Waals surface area (Å²) in [7, 11) is 0. The summed E-state index contributed by atoms with van der Waals surface area (Å²) >= 11 is 0. The Morgan fingerprint density at radius 3 is 2.60 bits per heavy atom. The van der Waals surface area contributed by atoms with Gasteiger partial charge in [0, 0.05) is 6.54 Å². The Labute approximate surface area is 32.0 Å². The Kier molecular flexibility index (Phi) is 3.01. The second-order valence-corrected chi connectivity index (χ2v) is 0.642. The summed E-state index contributed by atoms with van der Waals surface area (Å²) in [6.07, 6.45) is 1.45. The molecule has 28 valence electrons. The van der Waals surface area contributed by atoms with Crippen LogP contribution in [0.3, 0.4) is 0 Å². The molecule has 0 unspecified atom stereocenters. The minimum atomic E-state index is 0.556. The van der Waals surface area contributed by atoms with Gasteiger partial charge < -0.3 is 6.58 Å². The molecule has 0 rings (SSSR count). The molecule has 1 heteroatoms. The molecule has 0 atom stereocenters. The zero-order chi connectivity index (χ0) is 4.12. The van der Waals surface area contributed by atoms with Crippen molar-refractivity contribution in [1.82, 2.24) is 0 Å². The highest BCUT2D eigenvalue weighted by atomic mass is 14.6. The maximum Gasteiger partial charge on any atom is 0.0245 e. The molecule has 5 heavy (non-hydrogen) atoms. The standard InChI is InChI=1S/C4H6N/c1-3-4-5-2/h1,3H,2,4H2/q-1. The molecule has 0 saturated heterocycles. The monoisotopic (exact) mass is 68.1 g/mol. The predicted molar refractivity (Wildman–Crippen MR) is 23.3 cm³/mol. The number of hydrogen-bond acceptors (Lipinski definition) is 1. The average molecular weight is 68.1 g/mol. The van der Waals surface area contributed by atoms with Crippen LogP contribution < -0.4 is 0 Å². The van der Waals surface area contributed by atoms with Crippen molar-refractivity contribution in [2.45, 2.75) is 0 Å². The summed E-state index contributed by atoms with van der Waals surface area (Å²) in [6, 6.07) is 0. The summed E-state index contributed by atoms with van der Waals surface area (Å²) < 4.78 is 0. The van der Waals surface area contributed by atoms with Crippen molar-refractivity contribution in [3.05, 3.63) is 12.7 Å². The van der Waals surface area contributed by atoms with E-state index in [2.05, 4.69) is 11.7 Å². The van der Waals surface area contributed by atoms with Crippen LogP contribution in [0, 0.1) is 6.58 Å². The maximum atomic E-state index is 4.88. The molecule has 0 fully saturated rings. The van der Waals surface area contributed by atoms with Crippen molar-refractivity contribution in [2.75, 3.05) is 6.54 Å². The molecule has 0 aromatic carbocycles. The van der Waals surface area contributed by atoms with E-state index >= 15 is 0 Å². The molecular weight excluding hydrogens is 62.1 g/mol. The van der Waals surface area contributed by atoms with Crippen molar-refractivity contribution in [3.63, 3.8) is 0 Å². The van der Waals surface area contributed by atoms with Gasteiger partial charge in [-0.25, -0.2) is 0 Å². The Bertz CT molecular complexity index is 32.9. The van der Waals surface area contributed by atoms with E-state index in [-0.39, 0.29) is 0 Å². The first-order chi connectivity index (χ1) is 2.41. The number of aliphatic imine (C=N–C) groups is 1. The van der Waals surface area contributed by atoms with E-state index < -0.39 is 0 Å². The zero-order valence-electron chi connectivity index (χ0n) is 3.02. The van der Waals surface area contributed by atoms with Crippen LogP contribution in [-0.2, 0) is 0 Å². The number of rotatable bonds is 2. The fourth-order valence-corrected chi connectivity index (χ4v) is 0.0745. The van der Waals surface area contributed by atoms with Gasteiger partial charge in [0.15, 0.2) is 0 Å². The molecule has 0 aliphatic carbocycles. The summed E-state index contributed by atoms with van der Waals surface area (Å²) in [5.74, 6) is 0. The SMILES string of the molecule is [CH-]=CCN=C. The maximum absolute atomic E-state index is 4.88. The summed E-state index contributed by atoms with van der Waals surface area (Å²) in [5, 5.41) is 0. The van der Waals surface area contributed by atoms with E-state index in [9.17, 15) is 0 Å². The average Bonchev–Trinajstić information content (AvgIpc) is 1.41. The zero-order valence-corrected chi connectivity index (χ0v) is 3.02. The van der Waals surface area contributed by atoms with E-state index in [1.807, 2.05) is 0 Å². The van der Waals surface area contributed by atoms with Crippen molar-refractivity contribution in [1.29, 1.82) is 0 Å². The van der Waals surface area contributed by atoms with Gasteiger partial charge in [-0.2, -0.15) is 0 Å². The highest BCUT2D eigenvalue weighted by molar-refractivity contribution is 5.23. The summed E-state index contributed by atoms with van der Waals surface area (Å²) in [5.41, 5.74) is 0. The largest absolute Gasteiger partial charge is 0.516 e. The van der Waals surface area contributed by atoms with Crippen LogP contribution in [0.25, 0.3) is 0 Å². The van der Waals surface area contributed by atoms with Crippen LogP contribution >= 0.6 is 0 Å². The Hall–Kier alpha value is -0.590. The molecule has 0 aliphatic rings. The normalized spacial score (nSPS) is 6.40. The molecule has 0 amide bonds. The topological polar surface area (TPSA) is 12.4 Å². The fourth-order valence-electron chi connectivity index (χ4n) is 0.0745. The number of nitrogens with zero attached hydrogens (tertiary/aromatic N) is 1. The Morgan fingerprint density at radius 1 is 2.00 bits per heavy atom. The highest BCUT2D eigenvalue weighted by Gasteiger charge is 1.44. The first-order valence-electron chi connectivity index (χ1n) is 1.37. The van der Waals surface area contributed by atoms with E-state index in [0.717, 1.165) is 0 Å². The van der Waals surface area contributed by atoms with Gasteiger partial charge in [0.25, 0.3) is 0 Å². The predicted octanol–water partition coefficient (Wildman–Crippen LogP) is 0.676. The Morgan fingerprint density at radius 2 is 2.60 bits per heavy atom. The van der Waals surface area contributed by atoms with Gasteiger partial charge in [-0.1, -0.05) is 0 Å². The molecule has 0 radical (unpaired) electrons. The molecular formula is C4H6N-. The first-order valence-corrected chi connectivity index (χ1v) is 1.37. The van der Waals surface area contributed by atoms with Gasteiger partial charge in [0.05, 0.1) is 0 Å². The van der Waals surface area contributed by atoms with Crippen LogP contribution in [-0.4, -0.2) is 13.3 Å². The van der Waals surface area contributed by atoms with Gasteiger partial charge in [-0.05, 0) is 6.72 Å². The molecule has 1 nitrogen and oxygen atoms in total. The molecule has 0 aliphatic heterocycles. The molecule has 0 saturated carbocycles. The third kappa shape index (κ3) is 3.41. The van der Waals surface area contributed by atoms with Gasteiger partial charge in [0.1, 0.15) is 0 Å². The van der Waals surface area contributed by atoms with Crippen molar-refractivity contribution in [2.24, 2.45) is 4.99 Å². The van der Waals surface area contributed by atoms with E-state index in [1.54, 1.807) is 0 Å². The van der Waals surface area contributed by atoms with E-state index in [0.29, 0.717) is 6.54 Å². The van der Waals surface area contributed by atoms with Crippen LogP contribution in [0.2, 0.25) is 0 Å². The quantitative estimate of drug-likeness (QED) is 0.333. The molecule has 0 bridgehead atoms. The minimum absolute atomic E-state index is 0.556. The lowest BCUT2D eigenvalue weighted by molar-refractivity contribution is 1.27. The van der Waals surface area contributed by atoms with Crippen LogP contribution in [0.15, 0.2) is 11.1 Å². The molecule has 0 aromatic heterocycles. The molecule has 0 spiro atoms. The van der Waals surface area contributed by atoms with Crippen LogP contribution in [0.4, 0.5) is 0 Å². The van der Waals surface area contributed by atoms with E-state index in [1.165, 1.54) is 6.08 Å². The highest BCUT2D eigenvalue weighted by Crippen LogP contribution is 1.59. The summed E-state index contributed by atoms with van der Waals surface area (Å²) in [6.45, 7) is 8.62. The van der Waals surface area contributed by atoms with Gasteiger partial charge in [-0.15, -0.1) is 0 Å². The van der Waals surface area contributed by atoms with Crippen LogP contribution in [0.1, 0.15) is 0 Å². The lowest BCUT2D eigenvalue weighted by atomic mass is 10.7. The Balaban J connectivity index is 2.65. The van der Waals surface area contributed by atoms with Gasteiger partial charge >= 0.3 is 0 Å². The van der Waals surface area contributed by atoms with Crippen LogP contribution in [0.5, 0.6) is 0 Å². The van der Waals surface area contributed by atoms with Gasteiger partial charge in [-0.3, -0.25) is 11.1 Å². The third-order valence-electron chi connectivity index (χ3n) is 0.235.